The summed E-state index contributed by atoms with van der Waals surface area (Å²) in [4.78, 5) is 8.87. The second-order valence-corrected chi connectivity index (χ2v) is 5.06. The van der Waals surface area contributed by atoms with Gasteiger partial charge in [-0.1, -0.05) is 48.0 Å². The minimum atomic E-state index is 0.547. The first-order chi connectivity index (χ1) is 9.74. The lowest BCUT2D eigenvalue weighted by Crippen LogP contribution is -2.09. The van der Waals surface area contributed by atoms with E-state index in [4.69, 9.17) is 17.3 Å². The van der Waals surface area contributed by atoms with Gasteiger partial charge in [-0.25, -0.2) is 4.99 Å². The molecule has 1 aliphatic rings. The van der Waals surface area contributed by atoms with Crippen LogP contribution < -0.4 is 5.73 Å². The van der Waals surface area contributed by atoms with Crippen LogP contribution in [-0.4, -0.2) is 18.2 Å². The van der Waals surface area contributed by atoms with Gasteiger partial charge in [0.15, 0.2) is 5.84 Å². The number of hydrogen-bond donors (Lipinski definition) is 1. The lowest BCUT2D eigenvalue weighted by molar-refractivity contribution is 0.966. The highest BCUT2D eigenvalue weighted by Gasteiger charge is 2.17. The Kier molecular flexibility index (Phi) is 3.52. The Balaban J connectivity index is 1.73. The van der Waals surface area contributed by atoms with Crippen molar-refractivity contribution in [2.45, 2.75) is 6.42 Å². The molecule has 0 saturated heterocycles. The summed E-state index contributed by atoms with van der Waals surface area (Å²) >= 11 is 5.86. The molecule has 0 radical (unpaired) electrons. The molecule has 2 N–H and O–H groups in total. The number of aliphatic imine (C=N–C) groups is 2. The van der Waals surface area contributed by atoms with Crippen LogP contribution in [0.25, 0.3) is 0 Å². The van der Waals surface area contributed by atoms with Gasteiger partial charge >= 0.3 is 0 Å². The van der Waals surface area contributed by atoms with Crippen molar-refractivity contribution in [2.75, 3.05) is 6.54 Å². The van der Waals surface area contributed by atoms with Crippen LogP contribution in [0.1, 0.15) is 16.7 Å². The van der Waals surface area contributed by atoms with E-state index >= 15 is 0 Å². The van der Waals surface area contributed by atoms with Crippen molar-refractivity contribution in [1.29, 1.82) is 0 Å². The fourth-order valence-corrected chi connectivity index (χ4v) is 2.32. The molecule has 0 aliphatic carbocycles. The highest BCUT2D eigenvalue weighted by atomic mass is 35.5. The summed E-state index contributed by atoms with van der Waals surface area (Å²) in [7, 11) is 0. The molecule has 1 aliphatic heterocycles. The summed E-state index contributed by atoms with van der Waals surface area (Å²) in [5, 5.41) is 0.752. The van der Waals surface area contributed by atoms with Crippen LogP contribution in [0.4, 0.5) is 0 Å². The van der Waals surface area contributed by atoms with Crippen molar-refractivity contribution in [3.63, 3.8) is 0 Å². The van der Waals surface area contributed by atoms with Gasteiger partial charge in [0.25, 0.3) is 0 Å². The van der Waals surface area contributed by atoms with Crippen LogP contribution in [0.5, 0.6) is 0 Å². The minimum Gasteiger partial charge on any atom is -0.383 e. The molecule has 0 aromatic heterocycles. The minimum absolute atomic E-state index is 0.547. The van der Waals surface area contributed by atoms with Crippen LogP contribution in [0.3, 0.4) is 0 Å². The van der Waals surface area contributed by atoms with Gasteiger partial charge in [-0.2, -0.15) is 0 Å². The molecule has 0 spiro atoms. The molecule has 0 bridgehead atoms. The third-order valence-corrected chi connectivity index (χ3v) is 3.50. The zero-order valence-electron chi connectivity index (χ0n) is 10.9. The molecular formula is C16H14ClN3. The number of fused-ring (bicyclic) bond motifs is 1. The Morgan fingerprint density at radius 3 is 2.45 bits per heavy atom. The lowest BCUT2D eigenvalue weighted by Gasteiger charge is -2.00. The van der Waals surface area contributed by atoms with E-state index < -0.39 is 0 Å². The first kappa shape index (κ1) is 12.9. The quantitative estimate of drug-likeness (QED) is 0.925. The molecule has 100 valence electrons. The van der Waals surface area contributed by atoms with Crippen LogP contribution in [0, 0.1) is 0 Å². The highest BCUT2D eigenvalue weighted by Crippen LogP contribution is 2.17. The predicted molar refractivity (Wildman–Crippen MR) is 83.7 cm³/mol. The maximum absolute atomic E-state index is 5.89. The number of hydrogen-bond acceptors (Lipinski definition) is 2. The normalized spacial score (nSPS) is 15.2. The number of amidine groups is 2. The van der Waals surface area contributed by atoms with Gasteiger partial charge in [0.1, 0.15) is 5.84 Å². The lowest BCUT2D eigenvalue weighted by atomic mass is 10.1. The Bertz CT molecular complexity index is 687. The molecule has 4 heteroatoms. The topological polar surface area (TPSA) is 50.7 Å². The summed E-state index contributed by atoms with van der Waals surface area (Å²) in [6, 6.07) is 15.7. The van der Waals surface area contributed by atoms with E-state index in [1.807, 2.05) is 48.5 Å². The second kappa shape index (κ2) is 5.47. The van der Waals surface area contributed by atoms with Crippen LogP contribution >= 0.6 is 11.6 Å². The first-order valence-corrected chi connectivity index (χ1v) is 6.84. The Morgan fingerprint density at radius 1 is 1.00 bits per heavy atom. The first-order valence-electron chi connectivity index (χ1n) is 6.47. The number of nitrogens with two attached hydrogens (primary N) is 1. The zero-order valence-corrected chi connectivity index (χ0v) is 11.6. The van der Waals surface area contributed by atoms with E-state index in [1.54, 1.807) is 0 Å². The van der Waals surface area contributed by atoms with Gasteiger partial charge in [-0.15, -0.1) is 0 Å². The van der Waals surface area contributed by atoms with Crippen LogP contribution in [-0.2, 0) is 6.42 Å². The maximum atomic E-state index is 5.89. The average Bonchev–Trinajstić information content (AvgIpc) is 2.79. The molecule has 0 amide bonds. The highest BCUT2D eigenvalue weighted by molar-refractivity contribution is 6.30. The predicted octanol–water partition coefficient (Wildman–Crippen LogP) is 3.05. The van der Waals surface area contributed by atoms with Crippen molar-refractivity contribution >= 4 is 23.3 Å². The van der Waals surface area contributed by atoms with E-state index in [0.717, 1.165) is 28.4 Å². The molecule has 3 nitrogen and oxygen atoms in total. The maximum Gasteiger partial charge on any atom is 0.157 e. The van der Waals surface area contributed by atoms with E-state index in [-0.39, 0.29) is 0 Å². The summed E-state index contributed by atoms with van der Waals surface area (Å²) in [5.74, 6) is 1.28. The molecule has 0 saturated carbocycles. The van der Waals surface area contributed by atoms with Gasteiger partial charge in [0.2, 0.25) is 0 Å². The van der Waals surface area contributed by atoms with E-state index in [2.05, 4.69) is 9.98 Å². The monoisotopic (exact) mass is 283 g/mol. The van der Waals surface area contributed by atoms with E-state index in [1.165, 1.54) is 5.56 Å². The standard InChI is InChI=1S/C16H14ClN3/c17-12-7-5-11(6-8-12)9-10-19-16-14-4-2-1-3-13(14)15(18)20-16/h1-8H,9-10H2,(H2,18,19,20). The fraction of sp³-hybridized carbons (Fsp3) is 0.125. The van der Waals surface area contributed by atoms with Crippen molar-refractivity contribution in [1.82, 2.24) is 0 Å². The number of halogens is 1. The summed E-state index contributed by atoms with van der Waals surface area (Å²) < 4.78 is 0. The number of nitrogens with zero attached hydrogens (tertiary/aromatic N) is 2. The van der Waals surface area contributed by atoms with Gasteiger partial charge in [0.05, 0.1) is 0 Å². The molecule has 2 aromatic carbocycles. The summed E-state index contributed by atoms with van der Waals surface area (Å²) in [6.07, 6.45) is 0.859. The van der Waals surface area contributed by atoms with Gasteiger partial charge in [-0.05, 0) is 24.1 Å². The zero-order chi connectivity index (χ0) is 13.9. The third-order valence-electron chi connectivity index (χ3n) is 3.25. The fourth-order valence-electron chi connectivity index (χ4n) is 2.20. The Hall–Kier alpha value is -2.13. The van der Waals surface area contributed by atoms with Crippen molar-refractivity contribution in [3.8, 4) is 0 Å². The summed E-state index contributed by atoms with van der Waals surface area (Å²) in [6.45, 7) is 0.683. The van der Waals surface area contributed by atoms with Gasteiger partial charge in [0, 0.05) is 22.7 Å². The Labute approximate surface area is 122 Å². The molecule has 0 fully saturated rings. The molecule has 2 aromatic rings. The van der Waals surface area contributed by atoms with E-state index in [9.17, 15) is 0 Å². The van der Waals surface area contributed by atoms with Crippen LogP contribution in [0.15, 0.2) is 58.5 Å². The van der Waals surface area contributed by atoms with Crippen LogP contribution in [0.2, 0.25) is 5.02 Å². The molecule has 0 atom stereocenters. The largest absolute Gasteiger partial charge is 0.383 e. The van der Waals surface area contributed by atoms with Gasteiger partial charge in [-0.3, -0.25) is 4.99 Å². The molecule has 0 unspecified atom stereocenters. The SMILES string of the molecule is NC1=NC(=NCCc2ccc(Cl)cc2)c2ccccc21. The summed E-state index contributed by atoms with van der Waals surface area (Å²) in [5.41, 5.74) is 9.09. The van der Waals surface area contributed by atoms with Crippen molar-refractivity contribution in [3.05, 3.63) is 70.2 Å². The average molecular weight is 284 g/mol. The van der Waals surface area contributed by atoms with E-state index in [0.29, 0.717) is 12.4 Å². The van der Waals surface area contributed by atoms with Gasteiger partial charge < -0.3 is 5.73 Å². The van der Waals surface area contributed by atoms with Crippen molar-refractivity contribution < 1.29 is 0 Å². The number of benzene rings is 2. The second-order valence-electron chi connectivity index (χ2n) is 4.62. The number of rotatable bonds is 3. The smallest absolute Gasteiger partial charge is 0.157 e. The molecule has 3 rings (SSSR count). The third kappa shape index (κ3) is 2.58. The molecular weight excluding hydrogens is 270 g/mol. The Morgan fingerprint density at radius 2 is 1.70 bits per heavy atom. The molecule has 1 heterocycles. The molecule has 20 heavy (non-hydrogen) atoms. The van der Waals surface area contributed by atoms with Crippen molar-refractivity contribution in [2.24, 2.45) is 15.7 Å².